The summed E-state index contributed by atoms with van der Waals surface area (Å²) in [6.45, 7) is 7.16. The molecule has 0 aromatic carbocycles. The number of amides is 1. The van der Waals surface area contributed by atoms with Gasteiger partial charge in [0, 0.05) is 26.2 Å². The standard InChI is InChI=1S/C12H20N6O/c1-2-3-17-4-6-18(7-5-17)11-9-14-8-10(15-11)12(19)16-13/h8-9H,2-7,13H2,1H3,(H,16,19). The van der Waals surface area contributed by atoms with Crippen molar-refractivity contribution >= 4 is 11.7 Å². The van der Waals surface area contributed by atoms with Gasteiger partial charge in [-0.25, -0.2) is 10.8 Å². The lowest BCUT2D eigenvalue weighted by Gasteiger charge is -2.35. The summed E-state index contributed by atoms with van der Waals surface area (Å²) in [5.41, 5.74) is 2.31. The van der Waals surface area contributed by atoms with E-state index in [2.05, 4.69) is 32.1 Å². The molecule has 1 aromatic rings. The number of hydrogen-bond donors (Lipinski definition) is 2. The van der Waals surface area contributed by atoms with Gasteiger partial charge in [-0.15, -0.1) is 0 Å². The van der Waals surface area contributed by atoms with Crippen LogP contribution in [-0.2, 0) is 0 Å². The first-order valence-electron chi connectivity index (χ1n) is 6.55. The molecule has 7 nitrogen and oxygen atoms in total. The molecular weight excluding hydrogens is 244 g/mol. The Labute approximate surface area is 112 Å². The van der Waals surface area contributed by atoms with E-state index < -0.39 is 5.91 Å². The molecule has 0 radical (unpaired) electrons. The van der Waals surface area contributed by atoms with Crippen molar-refractivity contribution in [3.05, 3.63) is 18.1 Å². The van der Waals surface area contributed by atoms with E-state index in [4.69, 9.17) is 5.84 Å². The summed E-state index contributed by atoms with van der Waals surface area (Å²) in [4.78, 5) is 24.3. The van der Waals surface area contributed by atoms with Crippen molar-refractivity contribution in [3.63, 3.8) is 0 Å². The van der Waals surface area contributed by atoms with Gasteiger partial charge in [-0.1, -0.05) is 6.92 Å². The molecule has 1 aliphatic rings. The number of carbonyl (C=O) groups excluding carboxylic acids is 1. The topological polar surface area (TPSA) is 87.4 Å². The van der Waals surface area contributed by atoms with E-state index in [1.165, 1.54) is 12.6 Å². The van der Waals surface area contributed by atoms with Gasteiger partial charge in [0.25, 0.3) is 5.91 Å². The Balaban J connectivity index is 2.01. The van der Waals surface area contributed by atoms with Crippen molar-refractivity contribution in [3.8, 4) is 0 Å². The van der Waals surface area contributed by atoms with Crippen LogP contribution < -0.4 is 16.2 Å². The van der Waals surface area contributed by atoms with Crippen molar-refractivity contribution in [2.24, 2.45) is 5.84 Å². The zero-order valence-electron chi connectivity index (χ0n) is 11.2. The van der Waals surface area contributed by atoms with Crippen LogP contribution in [0.5, 0.6) is 0 Å². The Bertz CT molecular complexity index is 430. The largest absolute Gasteiger partial charge is 0.353 e. The zero-order chi connectivity index (χ0) is 13.7. The Hall–Kier alpha value is -1.73. The number of nitrogens with zero attached hydrogens (tertiary/aromatic N) is 4. The maximum absolute atomic E-state index is 11.4. The Morgan fingerprint density at radius 3 is 2.74 bits per heavy atom. The fourth-order valence-corrected chi connectivity index (χ4v) is 2.21. The number of aromatic nitrogens is 2. The molecule has 0 atom stereocenters. The van der Waals surface area contributed by atoms with E-state index in [9.17, 15) is 4.79 Å². The van der Waals surface area contributed by atoms with Gasteiger partial charge in [0.1, 0.15) is 11.5 Å². The summed E-state index contributed by atoms with van der Waals surface area (Å²) in [5.74, 6) is 5.41. The molecule has 0 bridgehead atoms. The van der Waals surface area contributed by atoms with Crippen LogP contribution in [-0.4, -0.2) is 53.5 Å². The highest BCUT2D eigenvalue weighted by Gasteiger charge is 2.18. The minimum absolute atomic E-state index is 0.246. The molecule has 0 spiro atoms. The second-order valence-electron chi connectivity index (χ2n) is 4.56. The second-order valence-corrected chi connectivity index (χ2v) is 4.56. The number of piperazine rings is 1. The van der Waals surface area contributed by atoms with E-state index in [1.54, 1.807) is 6.20 Å². The highest BCUT2D eigenvalue weighted by Crippen LogP contribution is 2.13. The van der Waals surface area contributed by atoms with Crippen LogP contribution in [0.3, 0.4) is 0 Å². The monoisotopic (exact) mass is 264 g/mol. The van der Waals surface area contributed by atoms with Gasteiger partial charge in [0.15, 0.2) is 0 Å². The van der Waals surface area contributed by atoms with E-state index >= 15 is 0 Å². The highest BCUT2D eigenvalue weighted by molar-refractivity contribution is 5.91. The van der Waals surface area contributed by atoms with E-state index in [-0.39, 0.29) is 5.69 Å². The first kappa shape index (κ1) is 13.7. The van der Waals surface area contributed by atoms with Gasteiger partial charge >= 0.3 is 0 Å². The third-order valence-corrected chi connectivity index (χ3v) is 3.22. The van der Waals surface area contributed by atoms with Crippen molar-refractivity contribution in [1.82, 2.24) is 20.3 Å². The van der Waals surface area contributed by atoms with Crippen LogP contribution in [0.4, 0.5) is 5.82 Å². The first-order valence-corrected chi connectivity index (χ1v) is 6.55. The number of rotatable bonds is 4. The summed E-state index contributed by atoms with van der Waals surface area (Å²) < 4.78 is 0. The van der Waals surface area contributed by atoms with Gasteiger partial charge in [-0.2, -0.15) is 0 Å². The molecule has 2 heterocycles. The zero-order valence-corrected chi connectivity index (χ0v) is 11.2. The van der Waals surface area contributed by atoms with Crippen molar-refractivity contribution in [2.45, 2.75) is 13.3 Å². The fraction of sp³-hybridized carbons (Fsp3) is 0.583. The molecule has 0 unspecified atom stereocenters. The number of nitrogens with one attached hydrogen (secondary N) is 1. The van der Waals surface area contributed by atoms with E-state index in [1.807, 2.05) is 0 Å². The lowest BCUT2D eigenvalue weighted by Crippen LogP contribution is -2.47. The van der Waals surface area contributed by atoms with Crippen LogP contribution in [0, 0.1) is 0 Å². The average Bonchev–Trinajstić information content (AvgIpc) is 2.48. The number of carbonyl (C=O) groups is 1. The van der Waals surface area contributed by atoms with Crippen molar-refractivity contribution < 1.29 is 4.79 Å². The van der Waals surface area contributed by atoms with Crippen molar-refractivity contribution in [2.75, 3.05) is 37.6 Å². The molecule has 0 saturated carbocycles. The van der Waals surface area contributed by atoms with Crippen LogP contribution in [0.15, 0.2) is 12.4 Å². The number of hydrazine groups is 1. The number of hydrogen-bond acceptors (Lipinski definition) is 6. The lowest BCUT2D eigenvalue weighted by atomic mass is 10.3. The molecule has 0 aliphatic carbocycles. The van der Waals surface area contributed by atoms with Gasteiger partial charge < -0.3 is 4.90 Å². The van der Waals surface area contributed by atoms with Crippen LogP contribution in [0.1, 0.15) is 23.8 Å². The SMILES string of the molecule is CCCN1CCN(c2cncc(C(=O)NN)n2)CC1. The normalized spacial score (nSPS) is 16.4. The van der Waals surface area contributed by atoms with Gasteiger partial charge in [-0.05, 0) is 13.0 Å². The van der Waals surface area contributed by atoms with E-state index in [0.29, 0.717) is 0 Å². The minimum atomic E-state index is -0.418. The third kappa shape index (κ3) is 3.39. The molecule has 1 fully saturated rings. The van der Waals surface area contributed by atoms with Gasteiger partial charge in [0.2, 0.25) is 0 Å². The Morgan fingerprint density at radius 1 is 1.37 bits per heavy atom. The lowest BCUT2D eigenvalue weighted by molar-refractivity contribution is 0.0948. The molecule has 2 rings (SSSR count). The van der Waals surface area contributed by atoms with Gasteiger partial charge in [-0.3, -0.25) is 20.1 Å². The highest BCUT2D eigenvalue weighted by atomic mass is 16.2. The maximum Gasteiger partial charge on any atom is 0.285 e. The number of anilines is 1. The number of nitrogens with two attached hydrogens (primary N) is 1. The molecule has 1 amide bonds. The minimum Gasteiger partial charge on any atom is -0.353 e. The van der Waals surface area contributed by atoms with Crippen LogP contribution >= 0.6 is 0 Å². The fourth-order valence-electron chi connectivity index (χ4n) is 2.21. The third-order valence-electron chi connectivity index (χ3n) is 3.22. The molecule has 3 N–H and O–H groups in total. The predicted molar refractivity (Wildman–Crippen MR) is 72.6 cm³/mol. The molecule has 1 aliphatic heterocycles. The van der Waals surface area contributed by atoms with Crippen LogP contribution in [0.25, 0.3) is 0 Å². The second kappa shape index (κ2) is 6.44. The first-order chi connectivity index (χ1) is 9.24. The summed E-state index contributed by atoms with van der Waals surface area (Å²) >= 11 is 0. The van der Waals surface area contributed by atoms with Gasteiger partial charge in [0.05, 0.1) is 12.4 Å². The molecular formula is C12H20N6O. The molecule has 1 saturated heterocycles. The van der Waals surface area contributed by atoms with Crippen molar-refractivity contribution in [1.29, 1.82) is 0 Å². The molecule has 19 heavy (non-hydrogen) atoms. The number of nitrogen functional groups attached to an aromatic ring is 1. The Kier molecular flexibility index (Phi) is 4.64. The molecule has 1 aromatic heterocycles. The molecule has 104 valence electrons. The van der Waals surface area contributed by atoms with E-state index in [0.717, 1.165) is 38.5 Å². The summed E-state index contributed by atoms with van der Waals surface area (Å²) in [5, 5.41) is 0. The Morgan fingerprint density at radius 2 is 2.11 bits per heavy atom. The summed E-state index contributed by atoms with van der Waals surface area (Å²) in [6.07, 6.45) is 4.27. The summed E-state index contributed by atoms with van der Waals surface area (Å²) in [7, 11) is 0. The smallest absolute Gasteiger partial charge is 0.285 e. The van der Waals surface area contributed by atoms with Crippen LogP contribution in [0.2, 0.25) is 0 Å². The quantitative estimate of drug-likeness (QED) is 0.437. The average molecular weight is 264 g/mol. The maximum atomic E-state index is 11.4. The summed E-state index contributed by atoms with van der Waals surface area (Å²) in [6, 6.07) is 0. The molecule has 7 heteroatoms. The predicted octanol–water partition coefficient (Wildman–Crippen LogP) is -0.388.